The minimum absolute atomic E-state index is 0.0133. The maximum atomic E-state index is 13.2. The molecule has 0 aromatic heterocycles. The van der Waals surface area contributed by atoms with Gasteiger partial charge in [0.2, 0.25) is 10.0 Å². The van der Waals surface area contributed by atoms with Crippen molar-refractivity contribution in [3.63, 3.8) is 0 Å². The second-order valence-electron chi connectivity index (χ2n) is 5.36. The van der Waals surface area contributed by atoms with E-state index >= 15 is 0 Å². The number of benzene rings is 2. The number of nitrogens with one attached hydrogen (secondary N) is 1. The molecule has 0 saturated carbocycles. The highest BCUT2D eigenvalue weighted by Gasteiger charge is 2.22. The Morgan fingerprint density at radius 2 is 1.87 bits per heavy atom. The smallest absolute Gasteiger partial charge is 0.241 e. The van der Waals surface area contributed by atoms with Gasteiger partial charge in [0, 0.05) is 12.6 Å². The molecule has 2 N–H and O–H groups in total. The van der Waals surface area contributed by atoms with E-state index in [1.807, 2.05) is 30.3 Å². The lowest BCUT2D eigenvalue weighted by molar-refractivity contribution is 0.278. The van der Waals surface area contributed by atoms with Crippen LogP contribution in [0.15, 0.2) is 53.4 Å². The van der Waals surface area contributed by atoms with E-state index in [1.54, 1.807) is 6.92 Å². The Morgan fingerprint density at radius 1 is 1.17 bits per heavy atom. The van der Waals surface area contributed by atoms with Gasteiger partial charge in [-0.15, -0.1) is 0 Å². The Balaban J connectivity index is 2.30. The Hall–Kier alpha value is -1.76. The average Bonchev–Trinajstić information content (AvgIpc) is 2.51. The Bertz CT molecular complexity index is 748. The summed E-state index contributed by atoms with van der Waals surface area (Å²) in [5.74, 6) is -0.471. The molecule has 0 spiro atoms. The van der Waals surface area contributed by atoms with E-state index < -0.39 is 21.9 Å². The van der Waals surface area contributed by atoms with Crippen molar-refractivity contribution in [2.75, 3.05) is 6.61 Å². The molecule has 23 heavy (non-hydrogen) atoms. The number of aryl methyl sites for hydroxylation is 1. The van der Waals surface area contributed by atoms with Crippen molar-refractivity contribution in [2.45, 2.75) is 30.7 Å². The molecule has 0 fully saturated rings. The van der Waals surface area contributed by atoms with Crippen LogP contribution in [0.5, 0.6) is 0 Å². The van der Waals surface area contributed by atoms with Crippen LogP contribution in [-0.2, 0) is 10.0 Å². The van der Waals surface area contributed by atoms with Gasteiger partial charge in [-0.05, 0) is 49.1 Å². The van der Waals surface area contributed by atoms with Crippen LogP contribution in [0.1, 0.15) is 30.0 Å². The van der Waals surface area contributed by atoms with Gasteiger partial charge in [0.15, 0.2) is 0 Å². The summed E-state index contributed by atoms with van der Waals surface area (Å²) in [5, 5.41) is 9.03. The molecule has 0 bridgehead atoms. The third kappa shape index (κ3) is 4.60. The van der Waals surface area contributed by atoms with E-state index in [4.69, 9.17) is 5.11 Å². The fourth-order valence-corrected chi connectivity index (χ4v) is 3.92. The Kier molecular flexibility index (Phi) is 5.87. The lowest BCUT2D eigenvalue weighted by Gasteiger charge is -2.19. The van der Waals surface area contributed by atoms with E-state index in [-0.39, 0.29) is 11.5 Å². The highest BCUT2D eigenvalue weighted by atomic mass is 32.2. The van der Waals surface area contributed by atoms with Gasteiger partial charge < -0.3 is 5.11 Å². The largest absolute Gasteiger partial charge is 0.396 e. The van der Waals surface area contributed by atoms with Gasteiger partial charge in [0.05, 0.1) is 4.90 Å². The van der Waals surface area contributed by atoms with Gasteiger partial charge in [-0.2, -0.15) is 0 Å². The number of hydrogen-bond donors (Lipinski definition) is 2. The van der Waals surface area contributed by atoms with Crippen LogP contribution in [0.3, 0.4) is 0 Å². The van der Waals surface area contributed by atoms with Crippen LogP contribution < -0.4 is 4.72 Å². The molecule has 0 aliphatic carbocycles. The highest BCUT2D eigenvalue weighted by molar-refractivity contribution is 7.89. The first-order valence-electron chi connectivity index (χ1n) is 7.38. The summed E-state index contributed by atoms with van der Waals surface area (Å²) in [4.78, 5) is 0.0591. The van der Waals surface area contributed by atoms with E-state index in [0.29, 0.717) is 18.4 Å². The summed E-state index contributed by atoms with van der Waals surface area (Å²) in [6.07, 6.45) is 0.949. The molecule has 2 aromatic carbocycles. The van der Waals surface area contributed by atoms with E-state index in [2.05, 4.69) is 4.72 Å². The van der Waals surface area contributed by atoms with Crippen molar-refractivity contribution in [3.05, 3.63) is 65.5 Å². The third-order valence-electron chi connectivity index (χ3n) is 3.58. The number of halogens is 1. The zero-order valence-electron chi connectivity index (χ0n) is 12.9. The van der Waals surface area contributed by atoms with Gasteiger partial charge in [0.25, 0.3) is 0 Å². The van der Waals surface area contributed by atoms with Crippen molar-refractivity contribution < 1.29 is 17.9 Å². The number of sulfonamides is 1. The van der Waals surface area contributed by atoms with Crippen molar-refractivity contribution in [1.29, 1.82) is 0 Å². The molecule has 0 aliphatic heterocycles. The average molecular weight is 337 g/mol. The molecule has 0 saturated heterocycles. The van der Waals surface area contributed by atoms with Crippen LogP contribution in [0, 0.1) is 12.7 Å². The maximum absolute atomic E-state index is 13.2. The summed E-state index contributed by atoms with van der Waals surface area (Å²) < 4.78 is 41.1. The fraction of sp³-hybridized carbons (Fsp3) is 0.294. The number of rotatable bonds is 7. The summed E-state index contributed by atoms with van der Waals surface area (Å²) >= 11 is 0. The van der Waals surface area contributed by atoms with Crippen LogP contribution in [0.25, 0.3) is 0 Å². The first kappa shape index (κ1) is 17.6. The predicted molar refractivity (Wildman–Crippen MR) is 87.0 cm³/mol. The quantitative estimate of drug-likeness (QED) is 0.816. The van der Waals surface area contributed by atoms with Gasteiger partial charge in [-0.3, -0.25) is 0 Å². The van der Waals surface area contributed by atoms with Crippen molar-refractivity contribution in [3.8, 4) is 0 Å². The summed E-state index contributed by atoms with van der Waals surface area (Å²) in [7, 11) is -3.78. The van der Waals surface area contributed by atoms with Crippen LogP contribution in [-0.4, -0.2) is 20.1 Å². The third-order valence-corrected chi connectivity index (χ3v) is 5.21. The molecule has 6 heteroatoms. The molecule has 1 unspecified atom stereocenters. The fourth-order valence-electron chi connectivity index (χ4n) is 2.44. The molecular weight excluding hydrogens is 317 g/mol. The first-order chi connectivity index (χ1) is 10.9. The molecule has 0 radical (unpaired) electrons. The second-order valence-corrected chi connectivity index (χ2v) is 7.04. The van der Waals surface area contributed by atoms with Gasteiger partial charge >= 0.3 is 0 Å². The predicted octanol–water partition coefficient (Wildman–Crippen LogP) is 2.93. The highest BCUT2D eigenvalue weighted by Crippen LogP contribution is 2.23. The van der Waals surface area contributed by atoms with E-state index in [0.717, 1.165) is 11.6 Å². The van der Waals surface area contributed by atoms with Gasteiger partial charge in [-0.25, -0.2) is 17.5 Å². The SMILES string of the molecule is Cc1cc(F)ccc1S(=O)(=O)NC(CCCO)c1ccccc1. The second kappa shape index (κ2) is 7.68. The molecule has 2 aromatic rings. The van der Waals surface area contributed by atoms with Gasteiger partial charge in [0.1, 0.15) is 5.82 Å². The minimum Gasteiger partial charge on any atom is -0.396 e. The maximum Gasteiger partial charge on any atom is 0.241 e. The molecular formula is C17H20FNO3S. The number of hydrogen-bond acceptors (Lipinski definition) is 3. The standard InChI is InChI=1S/C17H20FNO3S/c1-13-12-15(18)9-10-17(13)23(21,22)19-16(8-5-11-20)14-6-3-2-4-7-14/h2-4,6-7,9-10,12,16,19-20H,5,8,11H2,1H3. The molecule has 0 aliphatic rings. The lowest BCUT2D eigenvalue weighted by Crippen LogP contribution is -2.29. The monoisotopic (exact) mass is 337 g/mol. The zero-order chi connectivity index (χ0) is 16.9. The normalized spacial score (nSPS) is 13.0. The summed E-state index contributed by atoms with van der Waals surface area (Å²) in [6.45, 7) is 1.55. The molecule has 4 nitrogen and oxygen atoms in total. The molecule has 0 heterocycles. The molecule has 124 valence electrons. The Labute approximate surface area is 136 Å². The van der Waals surface area contributed by atoms with Crippen molar-refractivity contribution in [1.82, 2.24) is 4.72 Å². The number of aliphatic hydroxyl groups is 1. The van der Waals surface area contributed by atoms with Crippen molar-refractivity contribution in [2.24, 2.45) is 0 Å². The molecule has 2 rings (SSSR count). The van der Waals surface area contributed by atoms with Crippen LogP contribution in [0.4, 0.5) is 4.39 Å². The number of aliphatic hydroxyl groups excluding tert-OH is 1. The molecule has 0 amide bonds. The minimum atomic E-state index is -3.78. The van der Waals surface area contributed by atoms with E-state index in [1.165, 1.54) is 12.1 Å². The lowest BCUT2D eigenvalue weighted by atomic mass is 10.0. The first-order valence-corrected chi connectivity index (χ1v) is 8.86. The van der Waals surface area contributed by atoms with E-state index in [9.17, 15) is 12.8 Å². The molecule has 1 atom stereocenters. The zero-order valence-corrected chi connectivity index (χ0v) is 13.7. The summed E-state index contributed by atoms with van der Waals surface area (Å²) in [5.41, 5.74) is 1.18. The Morgan fingerprint density at radius 3 is 2.48 bits per heavy atom. The summed E-state index contributed by atoms with van der Waals surface area (Å²) in [6, 6.07) is 12.3. The van der Waals surface area contributed by atoms with Crippen molar-refractivity contribution >= 4 is 10.0 Å². The van der Waals surface area contributed by atoms with Gasteiger partial charge in [-0.1, -0.05) is 30.3 Å². The topological polar surface area (TPSA) is 66.4 Å². The van der Waals surface area contributed by atoms with Crippen LogP contribution >= 0.6 is 0 Å². The van der Waals surface area contributed by atoms with Crippen LogP contribution in [0.2, 0.25) is 0 Å².